The Morgan fingerprint density at radius 3 is 2.12 bits per heavy atom. The number of benzene rings is 1. The van der Waals surface area contributed by atoms with E-state index in [4.69, 9.17) is 9.47 Å². The van der Waals surface area contributed by atoms with Crippen LogP contribution < -0.4 is 4.90 Å². The number of carbonyl (C=O) groups excluding carboxylic acids is 2. The Balaban J connectivity index is 2.56. The number of hydrogen-bond acceptors (Lipinski definition) is 5. The number of hydrogen-bond donors (Lipinski definition) is 0. The predicted octanol–water partition coefficient (Wildman–Crippen LogP) is 3.30. The van der Waals surface area contributed by atoms with E-state index in [1.54, 1.807) is 23.3 Å². The van der Waals surface area contributed by atoms with Gasteiger partial charge in [-0.15, -0.1) is 0 Å². The smallest absolute Gasteiger partial charge is 0.355 e. The van der Waals surface area contributed by atoms with Crippen LogP contribution in [0.25, 0.3) is 0 Å². The van der Waals surface area contributed by atoms with E-state index < -0.39 is 11.9 Å². The largest absolute Gasteiger partial charge is 0.465 e. The Bertz CT molecular complexity index is 711. The van der Waals surface area contributed by atoms with Crippen LogP contribution in [0.5, 0.6) is 0 Å². The molecule has 0 radical (unpaired) electrons. The highest BCUT2D eigenvalue weighted by Gasteiger charge is 2.27. The number of rotatable bonds is 4. The van der Waals surface area contributed by atoms with Crippen LogP contribution in [0, 0.1) is 0 Å². The zero-order valence-corrected chi connectivity index (χ0v) is 14.3. The van der Waals surface area contributed by atoms with Crippen molar-refractivity contribution in [3.8, 4) is 0 Å². The topological polar surface area (TPSA) is 55.8 Å². The van der Waals surface area contributed by atoms with Crippen LogP contribution in [0.4, 0.5) is 5.69 Å². The molecule has 1 aliphatic rings. The molecular weight excluding hydrogens is 306 g/mol. The molecule has 1 heterocycles. The van der Waals surface area contributed by atoms with Gasteiger partial charge in [-0.05, 0) is 35.8 Å². The van der Waals surface area contributed by atoms with Gasteiger partial charge < -0.3 is 14.4 Å². The molecule has 0 aromatic heterocycles. The lowest BCUT2D eigenvalue weighted by Gasteiger charge is -2.23. The second-order valence-electron chi connectivity index (χ2n) is 5.56. The maximum Gasteiger partial charge on any atom is 0.355 e. The van der Waals surface area contributed by atoms with Crippen molar-refractivity contribution in [3.05, 3.63) is 65.5 Å². The predicted molar refractivity (Wildman–Crippen MR) is 92.3 cm³/mol. The van der Waals surface area contributed by atoms with Crippen molar-refractivity contribution in [2.75, 3.05) is 19.1 Å². The van der Waals surface area contributed by atoms with Gasteiger partial charge in [0.05, 0.1) is 19.8 Å². The fourth-order valence-electron chi connectivity index (χ4n) is 2.39. The molecule has 0 atom stereocenters. The van der Waals surface area contributed by atoms with Gasteiger partial charge in [-0.2, -0.15) is 0 Å². The molecule has 5 heteroatoms. The first-order chi connectivity index (χ1) is 11.5. The molecule has 0 N–H and O–H groups in total. The molecule has 0 fully saturated rings. The molecule has 0 unspecified atom stereocenters. The fraction of sp³-hybridized carbons (Fsp3) is 0.263. The summed E-state index contributed by atoms with van der Waals surface area (Å²) in [5.74, 6) is -0.805. The van der Waals surface area contributed by atoms with Crippen molar-refractivity contribution in [2.24, 2.45) is 0 Å². The van der Waals surface area contributed by atoms with E-state index in [1.807, 2.05) is 24.3 Å². The van der Waals surface area contributed by atoms with Crippen molar-refractivity contribution < 1.29 is 19.1 Å². The maximum absolute atomic E-state index is 12.3. The number of carbonyl (C=O) groups is 2. The summed E-state index contributed by atoms with van der Waals surface area (Å²) >= 11 is 0. The van der Waals surface area contributed by atoms with Crippen LogP contribution in [0.3, 0.4) is 0 Å². The molecule has 1 aliphatic heterocycles. The van der Waals surface area contributed by atoms with Crippen molar-refractivity contribution >= 4 is 17.6 Å². The van der Waals surface area contributed by atoms with Crippen molar-refractivity contribution in [1.29, 1.82) is 0 Å². The number of ether oxygens (including phenoxy) is 2. The standard InChI is InChI=1S/C19H21NO4/c1-13(2)14-8-10-15(11-9-14)20-12-6-5-7-16(18(21)23-3)17(20)19(22)24-4/h5-13H,1-4H3. The third kappa shape index (κ3) is 3.56. The summed E-state index contributed by atoms with van der Waals surface area (Å²) in [6.45, 7) is 4.22. The van der Waals surface area contributed by atoms with E-state index in [0.29, 0.717) is 5.92 Å². The minimum Gasteiger partial charge on any atom is -0.465 e. The van der Waals surface area contributed by atoms with Crippen molar-refractivity contribution in [2.45, 2.75) is 19.8 Å². The van der Waals surface area contributed by atoms with Crippen LogP contribution in [-0.4, -0.2) is 26.2 Å². The van der Waals surface area contributed by atoms with Crippen LogP contribution in [0.1, 0.15) is 25.3 Å². The Morgan fingerprint density at radius 1 is 0.958 bits per heavy atom. The van der Waals surface area contributed by atoms with Crippen LogP contribution in [0.2, 0.25) is 0 Å². The summed E-state index contributed by atoms with van der Waals surface area (Å²) in [6.07, 6.45) is 6.67. The van der Waals surface area contributed by atoms with Gasteiger partial charge >= 0.3 is 11.9 Å². The lowest BCUT2D eigenvalue weighted by Crippen LogP contribution is -2.26. The highest BCUT2D eigenvalue weighted by Crippen LogP contribution is 2.27. The maximum atomic E-state index is 12.3. The molecule has 0 amide bonds. The molecule has 0 aliphatic carbocycles. The SMILES string of the molecule is COC(=O)C1=C(C(=O)OC)N(c2ccc(C(C)C)cc2)C=CC=C1. The van der Waals surface area contributed by atoms with Gasteiger partial charge in [0.15, 0.2) is 0 Å². The number of esters is 2. The number of allylic oxidation sites excluding steroid dienone is 2. The van der Waals surface area contributed by atoms with E-state index in [2.05, 4.69) is 13.8 Å². The Hall–Kier alpha value is -2.82. The first kappa shape index (κ1) is 17.5. The number of anilines is 1. The molecule has 0 bridgehead atoms. The van der Waals surface area contributed by atoms with Gasteiger partial charge in [-0.3, -0.25) is 0 Å². The Kier molecular flexibility index (Phi) is 5.58. The van der Waals surface area contributed by atoms with E-state index >= 15 is 0 Å². The summed E-state index contributed by atoms with van der Waals surface area (Å²) < 4.78 is 9.66. The molecule has 5 nitrogen and oxygen atoms in total. The van der Waals surface area contributed by atoms with Crippen molar-refractivity contribution in [3.63, 3.8) is 0 Å². The van der Waals surface area contributed by atoms with E-state index in [1.165, 1.54) is 25.9 Å². The normalized spacial score (nSPS) is 14.0. The second kappa shape index (κ2) is 7.64. The molecule has 126 valence electrons. The quantitative estimate of drug-likeness (QED) is 0.794. The second-order valence-corrected chi connectivity index (χ2v) is 5.56. The average molecular weight is 327 g/mol. The van der Waals surface area contributed by atoms with Crippen molar-refractivity contribution in [1.82, 2.24) is 0 Å². The summed E-state index contributed by atoms with van der Waals surface area (Å²) in [4.78, 5) is 26.0. The molecule has 1 aromatic rings. The van der Waals surface area contributed by atoms with Gasteiger partial charge in [0.1, 0.15) is 5.70 Å². The lowest BCUT2D eigenvalue weighted by atomic mass is 10.0. The molecule has 24 heavy (non-hydrogen) atoms. The fourth-order valence-corrected chi connectivity index (χ4v) is 2.39. The number of methoxy groups -OCH3 is 2. The highest BCUT2D eigenvalue weighted by atomic mass is 16.5. The average Bonchev–Trinajstić information content (AvgIpc) is 2.83. The van der Waals surface area contributed by atoms with Gasteiger partial charge in [0, 0.05) is 11.9 Å². The van der Waals surface area contributed by atoms with Crippen LogP contribution in [0.15, 0.2) is 60.0 Å². The summed E-state index contributed by atoms with van der Waals surface area (Å²) in [7, 11) is 2.56. The highest BCUT2D eigenvalue weighted by molar-refractivity contribution is 6.05. The monoisotopic (exact) mass is 327 g/mol. The molecule has 0 saturated carbocycles. The third-order valence-electron chi connectivity index (χ3n) is 3.73. The van der Waals surface area contributed by atoms with Gasteiger partial charge in [-0.1, -0.05) is 32.1 Å². The van der Waals surface area contributed by atoms with Gasteiger partial charge in [-0.25, -0.2) is 9.59 Å². The molecule has 0 spiro atoms. The van der Waals surface area contributed by atoms with Crippen LogP contribution in [-0.2, 0) is 19.1 Å². The minimum absolute atomic E-state index is 0.117. The molecule has 2 rings (SSSR count). The van der Waals surface area contributed by atoms with E-state index in [9.17, 15) is 9.59 Å². The Morgan fingerprint density at radius 2 is 1.58 bits per heavy atom. The molecule has 1 aromatic carbocycles. The zero-order chi connectivity index (χ0) is 17.7. The Labute approximate surface area is 141 Å². The first-order valence-corrected chi connectivity index (χ1v) is 7.64. The first-order valence-electron chi connectivity index (χ1n) is 7.64. The zero-order valence-electron chi connectivity index (χ0n) is 14.3. The van der Waals surface area contributed by atoms with E-state index in [-0.39, 0.29) is 11.3 Å². The minimum atomic E-state index is -0.612. The van der Waals surface area contributed by atoms with Gasteiger partial charge in [0.25, 0.3) is 0 Å². The summed E-state index contributed by atoms with van der Waals surface area (Å²) in [6, 6.07) is 7.81. The molecule has 0 saturated heterocycles. The molecular formula is C19H21NO4. The summed E-state index contributed by atoms with van der Waals surface area (Å²) in [5, 5.41) is 0. The van der Waals surface area contributed by atoms with E-state index in [0.717, 1.165) is 5.69 Å². The van der Waals surface area contributed by atoms with Crippen LogP contribution >= 0.6 is 0 Å². The third-order valence-corrected chi connectivity index (χ3v) is 3.73. The summed E-state index contributed by atoms with van der Waals surface area (Å²) in [5.41, 5.74) is 2.20. The lowest BCUT2D eigenvalue weighted by molar-refractivity contribution is -0.139. The number of nitrogens with zero attached hydrogens (tertiary/aromatic N) is 1. The van der Waals surface area contributed by atoms with Gasteiger partial charge in [0.2, 0.25) is 0 Å².